The van der Waals surface area contributed by atoms with Crippen molar-refractivity contribution in [1.29, 1.82) is 0 Å². The van der Waals surface area contributed by atoms with E-state index in [0.717, 1.165) is 12.8 Å². The zero-order valence-corrected chi connectivity index (χ0v) is 9.08. The van der Waals surface area contributed by atoms with Crippen molar-refractivity contribution >= 4 is 0 Å². The highest BCUT2D eigenvalue weighted by Crippen LogP contribution is 2.31. The summed E-state index contributed by atoms with van der Waals surface area (Å²) in [5.41, 5.74) is 1.19. The van der Waals surface area contributed by atoms with Gasteiger partial charge in [0.15, 0.2) is 11.5 Å². The Morgan fingerprint density at radius 3 is 2.36 bits per heavy atom. The second kappa shape index (κ2) is 4.89. The van der Waals surface area contributed by atoms with Gasteiger partial charge in [0, 0.05) is 0 Å². The molecule has 0 amide bonds. The van der Waals surface area contributed by atoms with E-state index in [1.165, 1.54) is 5.56 Å². The van der Waals surface area contributed by atoms with E-state index in [-0.39, 0.29) is 5.75 Å². The fraction of sp³-hybridized carbons (Fsp3) is 0.500. The molecular formula is C12H18O2. The third-order valence-corrected chi connectivity index (χ3v) is 2.66. The first-order valence-electron chi connectivity index (χ1n) is 5.09. The van der Waals surface area contributed by atoms with E-state index >= 15 is 0 Å². The minimum atomic E-state index is 0.233. The SMILES string of the molecule is CCC(CC)c1ccc(OC)c(O)c1. The maximum absolute atomic E-state index is 9.61. The summed E-state index contributed by atoms with van der Waals surface area (Å²) in [6, 6.07) is 5.65. The number of methoxy groups -OCH3 is 1. The van der Waals surface area contributed by atoms with Gasteiger partial charge < -0.3 is 9.84 Å². The average molecular weight is 194 g/mol. The van der Waals surface area contributed by atoms with Crippen molar-refractivity contribution in [2.45, 2.75) is 32.6 Å². The smallest absolute Gasteiger partial charge is 0.160 e. The molecule has 1 aromatic rings. The molecule has 0 unspecified atom stereocenters. The molecule has 0 saturated carbocycles. The van der Waals surface area contributed by atoms with Gasteiger partial charge in [-0.15, -0.1) is 0 Å². The molecule has 0 aliphatic carbocycles. The largest absolute Gasteiger partial charge is 0.504 e. The number of aromatic hydroxyl groups is 1. The predicted molar refractivity (Wildman–Crippen MR) is 58.0 cm³/mol. The first kappa shape index (κ1) is 10.9. The van der Waals surface area contributed by atoms with E-state index in [9.17, 15) is 5.11 Å². The number of benzene rings is 1. The molecule has 0 spiro atoms. The Balaban J connectivity index is 2.95. The van der Waals surface area contributed by atoms with Crippen molar-refractivity contribution in [2.24, 2.45) is 0 Å². The second-order valence-corrected chi connectivity index (χ2v) is 3.44. The number of ether oxygens (including phenoxy) is 1. The molecule has 0 radical (unpaired) electrons. The summed E-state index contributed by atoms with van der Waals surface area (Å²) in [5.74, 6) is 1.31. The molecule has 0 aliphatic heterocycles. The lowest BCUT2D eigenvalue weighted by Crippen LogP contribution is -1.95. The quantitative estimate of drug-likeness (QED) is 0.796. The third-order valence-electron chi connectivity index (χ3n) is 2.66. The Morgan fingerprint density at radius 2 is 1.93 bits per heavy atom. The molecule has 0 atom stereocenters. The second-order valence-electron chi connectivity index (χ2n) is 3.44. The minimum absolute atomic E-state index is 0.233. The summed E-state index contributed by atoms with van der Waals surface area (Å²) < 4.78 is 5.00. The summed E-state index contributed by atoms with van der Waals surface area (Å²) in [6.45, 7) is 4.32. The van der Waals surface area contributed by atoms with Gasteiger partial charge >= 0.3 is 0 Å². The van der Waals surface area contributed by atoms with Crippen LogP contribution in [0.3, 0.4) is 0 Å². The van der Waals surface area contributed by atoms with E-state index in [2.05, 4.69) is 13.8 Å². The molecular weight excluding hydrogens is 176 g/mol. The van der Waals surface area contributed by atoms with Gasteiger partial charge in [-0.1, -0.05) is 19.9 Å². The van der Waals surface area contributed by atoms with Gasteiger partial charge in [0.05, 0.1) is 7.11 Å². The Morgan fingerprint density at radius 1 is 1.29 bits per heavy atom. The Hall–Kier alpha value is -1.18. The molecule has 14 heavy (non-hydrogen) atoms. The average Bonchev–Trinajstić information content (AvgIpc) is 2.20. The predicted octanol–water partition coefficient (Wildman–Crippen LogP) is 3.30. The van der Waals surface area contributed by atoms with Crippen LogP contribution in [0.2, 0.25) is 0 Å². The number of phenols is 1. The number of hydrogen-bond donors (Lipinski definition) is 1. The van der Waals surface area contributed by atoms with Gasteiger partial charge in [-0.3, -0.25) is 0 Å². The van der Waals surface area contributed by atoms with Crippen LogP contribution in [0.15, 0.2) is 18.2 Å². The molecule has 78 valence electrons. The van der Waals surface area contributed by atoms with Crippen LogP contribution in [0.5, 0.6) is 11.5 Å². The molecule has 0 aromatic heterocycles. The fourth-order valence-corrected chi connectivity index (χ4v) is 1.72. The van der Waals surface area contributed by atoms with Gasteiger partial charge in [0.25, 0.3) is 0 Å². The van der Waals surface area contributed by atoms with E-state index in [1.807, 2.05) is 12.1 Å². The monoisotopic (exact) mass is 194 g/mol. The number of rotatable bonds is 4. The lowest BCUT2D eigenvalue weighted by Gasteiger charge is -2.13. The zero-order chi connectivity index (χ0) is 10.6. The van der Waals surface area contributed by atoms with Crippen molar-refractivity contribution in [3.63, 3.8) is 0 Å². The Bertz CT molecular complexity index is 290. The minimum Gasteiger partial charge on any atom is -0.504 e. The van der Waals surface area contributed by atoms with Gasteiger partial charge in [-0.25, -0.2) is 0 Å². The third kappa shape index (κ3) is 2.19. The van der Waals surface area contributed by atoms with Crippen LogP contribution in [-0.2, 0) is 0 Å². The van der Waals surface area contributed by atoms with Crippen LogP contribution >= 0.6 is 0 Å². The van der Waals surface area contributed by atoms with Crippen molar-refractivity contribution in [3.8, 4) is 11.5 Å². The van der Waals surface area contributed by atoms with Crippen molar-refractivity contribution in [3.05, 3.63) is 23.8 Å². The van der Waals surface area contributed by atoms with Gasteiger partial charge in [-0.2, -0.15) is 0 Å². The molecule has 0 bridgehead atoms. The summed E-state index contributed by atoms with van der Waals surface area (Å²) in [4.78, 5) is 0. The molecule has 0 saturated heterocycles. The van der Waals surface area contributed by atoms with Crippen LogP contribution in [0.4, 0.5) is 0 Å². The molecule has 1 aromatic carbocycles. The normalized spacial score (nSPS) is 10.6. The maximum atomic E-state index is 9.61. The molecule has 2 heteroatoms. The van der Waals surface area contributed by atoms with E-state index in [4.69, 9.17) is 4.74 Å². The summed E-state index contributed by atoms with van der Waals surface area (Å²) in [5, 5.41) is 9.61. The molecule has 2 nitrogen and oxygen atoms in total. The zero-order valence-electron chi connectivity index (χ0n) is 9.08. The lowest BCUT2D eigenvalue weighted by molar-refractivity contribution is 0.372. The number of hydrogen-bond acceptors (Lipinski definition) is 2. The van der Waals surface area contributed by atoms with Gasteiger partial charge in [-0.05, 0) is 36.5 Å². The van der Waals surface area contributed by atoms with Crippen LogP contribution in [0.1, 0.15) is 38.2 Å². The topological polar surface area (TPSA) is 29.5 Å². The fourth-order valence-electron chi connectivity index (χ4n) is 1.72. The van der Waals surface area contributed by atoms with Gasteiger partial charge in [0.1, 0.15) is 0 Å². The molecule has 0 aliphatic rings. The number of phenolic OH excluding ortho intramolecular Hbond substituents is 1. The van der Waals surface area contributed by atoms with E-state index in [0.29, 0.717) is 11.7 Å². The molecule has 0 heterocycles. The van der Waals surface area contributed by atoms with E-state index in [1.54, 1.807) is 13.2 Å². The Kier molecular flexibility index (Phi) is 3.81. The van der Waals surface area contributed by atoms with Crippen molar-refractivity contribution in [1.82, 2.24) is 0 Å². The highest BCUT2D eigenvalue weighted by molar-refractivity contribution is 5.42. The van der Waals surface area contributed by atoms with Crippen LogP contribution in [-0.4, -0.2) is 12.2 Å². The summed E-state index contributed by atoms with van der Waals surface area (Å²) in [6.07, 6.45) is 2.20. The van der Waals surface area contributed by atoms with Crippen LogP contribution in [0.25, 0.3) is 0 Å². The maximum Gasteiger partial charge on any atom is 0.160 e. The summed E-state index contributed by atoms with van der Waals surface area (Å²) >= 11 is 0. The lowest BCUT2D eigenvalue weighted by atomic mass is 9.94. The molecule has 0 fully saturated rings. The molecule has 1 N–H and O–H groups in total. The first-order chi connectivity index (χ1) is 6.72. The standard InChI is InChI=1S/C12H18O2/c1-4-9(5-2)10-6-7-12(14-3)11(13)8-10/h6-9,13H,4-5H2,1-3H3. The van der Waals surface area contributed by atoms with Crippen molar-refractivity contribution in [2.75, 3.05) is 7.11 Å². The van der Waals surface area contributed by atoms with Crippen LogP contribution in [0, 0.1) is 0 Å². The van der Waals surface area contributed by atoms with Gasteiger partial charge in [0.2, 0.25) is 0 Å². The highest BCUT2D eigenvalue weighted by Gasteiger charge is 2.09. The first-order valence-corrected chi connectivity index (χ1v) is 5.09. The Labute approximate surface area is 85.5 Å². The highest BCUT2D eigenvalue weighted by atomic mass is 16.5. The van der Waals surface area contributed by atoms with Crippen LogP contribution < -0.4 is 4.74 Å². The van der Waals surface area contributed by atoms with E-state index < -0.39 is 0 Å². The molecule has 1 rings (SSSR count). The van der Waals surface area contributed by atoms with Crippen molar-refractivity contribution < 1.29 is 9.84 Å². The summed E-state index contributed by atoms with van der Waals surface area (Å²) in [7, 11) is 1.56.